The molecule has 0 aliphatic rings. The molecule has 3 N–H and O–H groups in total. The van der Waals surface area contributed by atoms with E-state index in [9.17, 15) is 14.4 Å². The minimum absolute atomic E-state index is 0.0448. The van der Waals surface area contributed by atoms with E-state index in [4.69, 9.17) is 10.5 Å². The predicted molar refractivity (Wildman–Crippen MR) is 126 cm³/mol. The van der Waals surface area contributed by atoms with Crippen LogP contribution in [0.3, 0.4) is 0 Å². The molecule has 0 aliphatic carbocycles. The topological polar surface area (TPSA) is 134 Å². The number of rotatable bonds is 10. The Bertz CT molecular complexity index is 1220. The summed E-state index contributed by atoms with van der Waals surface area (Å²) in [5, 5.41) is 12.0. The fraction of sp³-hybridized carbons (Fsp3) is 0.350. The van der Waals surface area contributed by atoms with E-state index in [1.54, 1.807) is 7.11 Å². The number of hydrogen-bond acceptors (Lipinski definition) is 10. The van der Waals surface area contributed by atoms with Crippen LogP contribution in [0.5, 0.6) is 5.75 Å². The molecule has 12 heteroatoms. The van der Waals surface area contributed by atoms with Gasteiger partial charge in [-0.1, -0.05) is 42.2 Å². The number of nitrogens with zero attached hydrogens (tertiary/aromatic N) is 4. The van der Waals surface area contributed by atoms with Gasteiger partial charge in [-0.15, -0.1) is 10.2 Å². The molecule has 0 bridgehead atoms. The number of nitrogens with one attached hydrogen (secondary N) is 1. The van der Waals surface area contributed by atoms with Crippen molar-refractivity contribution in [3.8, 4) is 5.75 Å². The zero-order valence-corrected chi connectivity index (χ0v) is 19.6. The molecule has 0 unspecified atom stereocenters. The van der Waals surface area contributed by atoms with Gasteiger partial charge in [0.2, 0.25) is 5.13 Å². The molecule has 0 fully saturated rings. The van der Waals surface area contributed by atoms with E-state index in [2.05, 4.69) is 15.5 Å². The van der Waals surface area contributed by atoms with Crippen molar-refractivity contribution < 1.29 is 9.53 Å². The van der Waals surface area contributed by atoms with Crippen LogP contribution in [0.15, 0.2) is 38.2 Å². The first-order valence-corrected chi connectivity index (χ1v) is 11.6. The second kappa shape index (κ2) is 10.5. The highest BCUT2D eigenvalue weighted by Crippen LogP contribution is 2.26. The second-order valence-corrected chi connectivity index (χ2v) is 9.05. The zero-order chi connectivity index (χ0) is 23.3. The maximum Gasteiger partial charge on any atom is 0.332 e. The van der Waals surface area contributed by atoms with Gasteiger partial charge >= 0.3 is 5.69 Å². The average Bonchev–Trinajstić information content (AvgIpc) is 3.26. The molecule has 1 aromatic carbocycles. The summed E-state index contributed by atoms with van der Waals surface area (Å²) in [6, 6.07) is 7.65. The Balaban J connectivity index is 1.65. The molecule has 0 saturated carbocycles. The largest absolute Gasteiger partial charge is 0.497 e. The highest BCUT2D eigenvalue weighted by atomic mass is 32.2. The van der Waals surface area contributed by atoms with Crippen molar-refractivity contribution in [3.63, 3.8) is 0 Å². The maximum atomic E-state index is 12.8. The average molecular weight is 477 g/mol. The highest BCUT2D eigenvalue weighted by molar-refractivity contribution is 8.01. The monoisotopic (exact) mass is 476 g/mol. The Labute approximate surface area is 192 Å². The number of methoxy groups -OCH3 is 1. The van der Waals surface area contributed by atoms with Crippen LogP contribution in [0.1, 0.15) is 29.3 Å². The second-order valence-electron chi connectivity index (χ2n) is 6.85. The molecule has 3 aromatic rings. The molecule has 0 radical (unpaired) electrons. The van der Waals surface area contributed by atoms with Gasteiger partial charge in [0, 0.05) is 20.1 Å². The lowest BCUT2D eigenvalue weighted by atomic mass is 10.2. The van der Waals surface area contributed by atoms with E-state index in [0.29, 0.717) is 29.0 Å². The number of anilines is 2. The van der Waals surface area contributed by atoms with Crippen LogP contribution in [-0.2, 0) is 20.1 Å². The van der Waals surface area contributed by atoms with Gasteiger partial charge in [0.1, 0.15) is 17.1 Å². The molecule has 0 atom stereocenters. The maximum absolute atomic E-state index is 12.8. The van der Waals surface area contributed by atoms with Gasteiger partial charge in [-0.25, -0.2) is 4.79 Å². The number of ether oxygens (including phenoxy) is 1. The lowest BCUT2D eigenvalue weighted by Gasteiger charge is -2.13. The van der Waals surface area contributed by atoms with Gasteiger partial charge < -0.3 is 15.8 Å². The molecule has 0 spiro atoms. The molecule has 0 aliphatic heterocycles. The molecule has 170 valence electrons. The summed E-state index contributed by atoms with van der Waals surface area (Å²) >= 11 is 2.47. The fourth-order valence-corrected chi connectivity index (χ4v) is 4.56. The van der Waals surface area contributed by atoms with Crippen molar-refractivity contribution in [2.45, 2.75) is 30.8 Å². The molecule has 3 rings (SSSR count). The van der Waals surface area contributed by atoms with Crippen molar-refractivity contribution >= 4 is 39.8 Å². The van der Waals surface area contributed by atoms with Gasteiger partial charge in [0.15, 0.2) is 10.1 Å². The quantitative estimate of drug-likeness (QED) is 0.333. The third-order valence-electron chi connectivity index (χ3n) is 4.65. The molecule has 32 heavy (non-hydrogen) atoms. The van der Waals surface area contributed by atoms with Gasteiger partial charge in [-0.2, -0.15) is 0 Å². The van der Waals surface area contributed by atoms with Crippen LogP contribution in [0.2, 0.25) is 0 Å². The predicted octanol–water partition coefficient (Wildman–Crippen LogP) is 1.99. The van der Waals surface area contributed by atoms with E-state index in [1.807, 2.05) is 31.2 Å². The van der Waals surface area contributed by atoms with Crippen molar-refractivity contribution in [1.29, 1.82) is 0 Å². The third-order valence-corrected chi connectivity index (χ3v) is 6.66. The third kappa shape index (κ3) is 5.19. The normalized spacial score (nSPS) is 10.8. The summed E-state index contributed by atoms with van der Waals surface area (Å²) in [7, 11) is 2.96. The van der Waals surface area contributed by atoms with Crippen LogP contribution in [0.25, 0.3) is 0 Å². The van der Waals surface area contributed by atoms with Gasteiger partial charge in [-0.3, -0.25) is 18.7 Å². The summed E-state index contributed by atoms with van der Waals surface area (Å²) in [6.07, 6.45) is 0.641. The first-order valence-electron chi connectivity index (χ1n) is 9.81. The van der Waals surface area contributed by atoms with Gasteiger partial charge in [-0.05, 0) is 24.1 Å². The Morgan fingerprint density at radius 3 is 2.62 bits per heavy atom. The van der Waals surface area contributed by atoms with E-state index in [0.717, 1.165) is 15.9 Å². The lowest BCUT2D eigenvalue weighted by Crippen LogP contribution is -2.42. The number of ketones is 1. The van der Waals surface area contributed by atoms with Gasteiger partial charge in [0.05, 0.1) is 12.9 Å². The van der Waals surface area contributed by atoms with Crippen LogP contribution in [0.4, 0.5) is 10.9 Å². The van der Waals surface area contributed by atoms with E-state index >= 15 is 0 Å². The standard InChI is InChI=1S/C20H24N6O4S2/c1-4-9-26-16(21)15(17(28)25(2)20(26)29)14(27)11-31-19-24-23-18(32-19)22-10-12-5-7-13(30-3)8-6-12/h5-8H,4,9-11,21H2,1-3H3,(H,22,23). The number of aromatic nitrogens is 4. The summed E-state index contributed by atoms with van der Waals surface area (Å²) in [5.41, 5.74) is 5.66. The molecule has 0 saturated heterocycles. The van der Waals surface area contributed by atoms with Crippen molar-refractivity contribution in [2.75, 3.05) is 23.9 Å². The van der Waals surface area contributed by atoms with Gasteiger partial charge in [0.25, 0.3) is 5.56 Å². The minimum atomic E-state index is -0.690. The smallest absolute Gasteiger partial charge is 0.332 e. The number of benzene rings is 1. The Hall–Kier alpha value is -3.12. The van der Waals surface area contributed by atoms with Crippen molar-refractivity contribution in [1.82, 2.24) is 19.3 Å². The van der Waals surface area contributed by atoms with E-state index in [-0.39, 0.29) is 17.1 Å². The van der Waals surface area contributed by atoms with Crippen molar-refractivity contribution in [3.05, 3.63) is 56.2 Å². The zero-order valence-electron chi connectivity index (χ0n) is 18.0. The van der Waals surface area contributed by atoms with Crippen LogP contribution < -0.4 is 27.0 Å². The summed E-state index contributed by atoms with van der Waals surface area (Å²) < 4.78 is 7.89. The Kier molecular flexibility index (Phi) is 7.70. The highest BCUT2D eigenvalue weighted by Gasteiger charge is 2.21. The molecule has 2 aromatic heterocycles. The first-order chi connectivity index (χ1) is 15.3. The molecule has 10 nitrogen and oxygen atoms in total. The molecule has 2 heterocycles. The number of carbonyl (C=O) groups is 1. The minimum Gasteiger partial charge on any atom is -0.497 e. The SMILES string of the molecule is CCCn1c(N)c(C(=O)CSc2nnc(NCc3ccc(OC)cc3)s2)c(=O)n(C)c1=O. The van der Waals surface area contributed by atoms with Crippen molar-refractivity contribution in [2.24, 2.45) is 7.05 Å². The molecular formula is C20H24N6O4S2. The summed E-state index contributed by atoms with van der Waals surface area (Å²) in [6.45, 7) is 2.77. The van der Waals surface area contributed by atoms with Crippen LogP contribution in [0, 0.1) is 0 Å². The fourth-order valence-electron chi connectivity index (χ4n) is 2.95. The number of carbonyl (C=O) groups excluding carboxylic acids is 1. The number of nitrogens with two attached hydrogens (primary N) is 1. The number of thioether (sulfide) groups is 1. The summed E-state index contributed by atoms with van der Waals surface area (Å²) in [5.74, 6) is 0.191. The molecular weight excluding hydrogens is 452 g/mol. The number of nitrogen functional groups attached to an aromatic ring is 1. The Morgan fingerprint density at radius 1 is 1.25 bits per heavy atom. The number of Topliss-reactive ketones (excluding diaryl/α,β-unsaturated/α-hetero) is 1. The lowest BCUT2D eigenvalue weighted by molar-refractivity contribution is 0.102. The summed E-state index contributed by atoms with van der Waals surface area (Å²) in [4.78, 5) is 37.5. The van der Waals surface area contributed by atoms with Crippen LogP contribution >= 0.6 is 23.1 Å². The number of hydrogen-bond donors (Lipinski definition) is 2. The molecule has 0 amide bonds. The van der Waals surface area contributed by atoms with E-state index in [1.165, 1.54) is 34.7 Å². The van der Waals surface area contributed by atoms with Crippen LogP contribution in [-0.4, -0.2) is 38.0 Å². The first kappa shape index (κ1) is 23.5. The Morgan fingerprint density at radius 2 is 1.97 bits per heavy atom. The van der Waals surface area contributed by atoms with E-state index < -0.39 is 17.0 Å².